The van der Waals surface area contributed by atoms with E-state index < -0.39 is 0 Å². The second-order valence-corrected chi connectivity index (χ2v) is 3.99. The summed E-state index contributed by atoms with van der Waals surface area (Å²) in [4.78, 5) is 0. The van der Waals surface area contributed by atoms with Crippen LogP contribution in [0, 0.1) is 0 Å². The van der Waals surface area contributed by atoms with Crippen molar-refractivity contribution in [3.05, 3.63) is 51.3 Å². The number of halogens is 2. The van der Waals surface area contributed by atoms with Crippen molar-refractivity contribution >= 4 is 46.9 Å². The highest BCUT2D eigenvalue weighted by atomic mass is 35.5. The summed E-state index contributed by atoms with van der Waals surface area (Å²) in [5.74, 6) is -0.0177. The van der Waals surface area contributed by atoms with E-state index >= 15 is 0 Å². The average molecular weight is 274 g/mol. The molecule has 16 heavy (non-hydrogen) atoms. The molecule has 0 spiro atoms. The van der Waals surface area contributed by atoms with Gasteiger partial charge >= 0.3 is 0 Å². The minimum absolute atomic E-state index is 0.0177. The molecule has 1 aromatic carbocycles. The molecule has 0 aliphatic heterocycles. The van der Waals surface area contributed by atoms with Gasteiger partial charge < -0.3 is 10.8 Å². The van der Waals surface area contributed by atoms with Crippen molar-refractivity contribution in [2.24, 2.45) is 5.73 Å². The topological polar surface area (TPSA) is 46.2 Å². The summed E-state index contributed by atoms with van der Waals surface area (Å²) >= 11 is 16.3. The summed E-state index contributed by atoms with van der Waals surface area (Å²) < 4.78 is 0. The van der Waals surface area contributed by atoms with Gasteiger partial charge in [-0.05, 0) is 23.8 Å². The van der Waals surface area contributed by atoms with E-state index in [9.17, 15) is 5.11 Å². The van der Waals surface area contributed by atoms with Gasteiger partial charge in [-0.3, -0.25) is 0 Å². The molecule has 0 aromatic heterocycles. The van der Waals surface area contributed by atoms with E-state index in [1.165, 1.54) is 17.6 Å². The van der Waals surface area contributed by atoms with Crippen LogP contribution in [0.4, 0.5) is 0 Å². The molecule has 84 valence electrons. The first-order valence-electron chi connectivity index (χ1n) is 4.31. The molecule has 0 saturated carbocycles. The van der Waals surface area contributed by atoms with Gasteiger partial charge in [-0.15, -0.1) is 0 Å². The first kappa shape index (κ1) is 13.0. The Morgan fingerprint density at radius 1 is 1.31 bits per heavy atom. The minimum Gasteiger partial charge on any atom is -0.507 e. The maximum atomic E-state index is 9.66. The molecule has 0 radical (unpaired) electrons. The van der Waals surface area contributed by atoms with Crippen LogP contribution in [0.25, 0.3) is 6.08 Å². The van der Waals surface area contributed by atoms with Gasteiger partial charge in [0.1, 0.15) is 5.76 Å². The van der Waals surface area contributed by atoms with E-state index in [0.29, 0.717) is 21.2 Å². The van der Waals surface area contributed by atoms with E-state index in [4.69, 9.17) is 41.2 Å². The van der Waals surface area contributed by atoms with Gasteiger partial charge in [0.25, 0.3) is 0 Å². The molecule has 3 N–H and O–H groups in total. The quantitative estimate of drug-likeness (QED) is 0.382. The third-order valence-corrected chi connectivity index (χ3v) is 2.84. The highest BCUT2D eigenvalue weighted by Gasteiger charge is 2.01. The number of rotatable bonds is 3. The second-order valence-electron chi connectivity index (χ2n) is 2.94. The van der Waals surface area contributed by atoms with Crippen molar-refractivity contribution < 1.29 is 5.11 Å². The molecule has 1 aromatic rings. The lowest BCUT2D eigenvalue weighted by molar-refractivity contribution is 0.434. The number of hydrogen-bond acceptors (Lipinski definition) is 3. The third-order valence-electron chi connectivity index (χ3n) is 1.85. The Labute approximate surface area is 109 Å². The Morgan fingerprint density at radius 3 is 2.50 bits per heavy atom. The van der Waals surface area contributed by atoms with Gasteiger partial charge in [0.2, 0.25) is 0 Å². The monoisotopic (exact) mass is 273 g/mol. The molecular weight excluding hydrogens is 265 g/mol. The summed E-state index contributed by atoms with van der Waals surface area (Å²) in [6.07, 6.45) is 2.74. The van der Waals surface area contributed by atoms with Crippen molar-refractivity contribution in [2.75, 3.05) is 0 Å². The number of aliphatic hydroxyl groups excluding tert-OH is 1. The standard InChI is InChI=1S/C11H9Cl2NOS/c12-9-2-1-7(3-10(9)13)4-11(15)8(5-14)6-16/h1-6,15H,14H2/b8-5?,11-4-. The second kappa shape index (κ2) is 5.89. The number of aliphatic hydroxyl groups is 1. The first-order chi connectivity index (χ1) is 7.58. The zero-order chi connectivity index (χ0) is 12.1. The molecule has 0 heterocycles. The number of hydrogen-bond donors (Lipinski definition) is 2. The van der Waals surface area contributed by atoms with E-state index in [1.807, 2.05) is 0 Å². The van der Waals surface area contributed by atoms with Crippen LogP contribution in [0.3, 0.4) is 0 Å². The van der Waals surface area contributed by atoms with E-state index in [1.54, 1.807) is 18.2 Å². The van der Waals surface area contributed by atoms with Crippen LogP contribution >= 0.6 is 35.4 Å². The van der Waals surface area contributed by atoms with Crippen LogP contribution in [0.1, 0.15) is 5.56 Å². The average Bonchev–Trinajstić information content (AvgIpc) is 2.25. The predicted octanol–water partition coefficient (Wildman–Crippen LogP) is 3.73. The van der Waals surface area contributed by atoms with Gasteiger partial charge in [0.15, 0.2) is 0 Å². The lowest BCUT2D eigenvalue weighted by Crippen LogP contribution is -1.93. The summed E-state index contributed by atoms with van der Waals surface area (Å²) in [5.41, 5.74) is 6.37. The maximum absolute atomic E-state index is 9.66. The normalized spacial score (nSPS) is 12.6. The highest BCUT2D eigenvalue weighted by molar-refractivity contribution is 7.79. The minimum atomic E-state index is -0.0177. The van der Waals surface area contributed by atoms with Gasteiger partial charge in [-0.2, -0.15) is 0 Å². The molecule has 5 heteroatoms. The van der Waals surface area contributed by atoms with Gasteiger partial charge in [-0.25, -0.2) is 0 Å². The molecule has 0 unspecified atom stereocenters. The fraction of sp³-hybridized carbons (Fsp3) is 0. The fourth-order valence-electron chi connectivity index (χ4n) is 1.03. The fourth-order valence-corrected chi connectivity index (χ4v) is 1.53. The molecule has 0 aliphatic carbocycles. The highest BCUT2D eigenvalue weighted by Crippen LogP contribution is 2.24. The van der Waals surface area contributed by atoms with Crippen LogP contribution < -0.4 is 5.73 Å². The lowest BCUT2D eigenvalue weighted by Gasteiger charge is -2.01. The number of allylic oxidation sites excluding steroid dienone is 1. The van der Waals surface area contributed by atoms with Crippen molar-refractivity contribution in [1.82, 2.24) is 0 Å². The van der Waals surface area contributed by atoms with E-state index in [2.05, 4.69) is 0 Å². The van der Waals surface area contributed by atoms with Crippen molar-refractivity contribution in [3.63, 3.8) is 0 Å². The molecule has 0 atom stereocenters. The molecule has 0 saturated heterocycles. The number of benzene rings is 1. The number of thiocarbonyl (C=S) groups is 1. The van der Waals surface area contributed by atoms with Gasteiger partial charge in [-0.1, -0.05) is 41.5 Å². The van der Waals surface area contributed by atoms with Crippen LogP contribution in [-0.4, -0.2) is 10.5 Å². The molecule has 0 bridgehead atoms. The Bertz CT molecular complexity index is 469. The van der Waals surface area contributed by atoms with E-state index in [0.717, 1.165) is 0 Å². The molecule has 0 fully saturated rings. The Balaban J connectivity index is 3.07. The van der Waals surface area contributed by atoms with Crippen LogP contribution in [0.5, 0.6) is 0 Å². The summed E-state index contributed by atoms with van der Waals surface area (Å²) in [6, 6.07) is 5.01. The summed E-state index contributed by atoms with van der Waals surface area (Å²) in [6.45, 7) is 0. The predicted molar refractivity (Wildman–Crippen MR) is 73.0 cm³/mol. The smallest absolute Gasteiger partial charge is 0.125 e. The maximum Gasteiger partial charge on any atom is 0.125 e. The SMILES string of the molecule is NC=C(C=S)/C(O)=C/c1ccc(Cl)c(Cl)c1. The van der Waals surface area contributed by atoms with Crippen molar-refractivity contribution in [3.8, 4) is 0 Å². The Morgan fingerprint density at radius 2 is 2.00 bits per heavy atom. The lowest BCUT2D eigenvalue weighted by atomic mass is 10.1. The molecule has 2 nitrogen and oxygen atoms in total. The zero-order valence-electron chi connectivity index (χ0n) is 8.15. The van der Waals surface area contributed by atoms with Crippen LogP contribution in [-0.2, 0) is 0 Å². The zero-order valence-corrected chi connectivity index (χ0v) is 10.5. The molecular formula is C11H9Cl2NOS. The largest absolute Gasteiger partial charge is 0.507 e. The number of nitrogens with two attached hydrogens (primary N) is 1. The Hall–Kier alpha value is -1.03. The third kappa shape index (κ3) is 3.23. The van der Waals surface area contributed by atoms with Crippen LogP contribution in [0.15, 0.2) is 35.7 Å². The summed E-state index contributed by atoms with van der Waals surface area (Å²) in [5, 5.41) is 11.8. The van der Waals surface area contributed by atoms with Gasteiger partial charge in [0.05, 0.1) is 10.0 Å². The molecule has 0 aliphatic rings. The van der Waals surface area contributed by atoms with Crippen molar-refractivity contribution in [2.45, 2.75) is 0 Å². The molecule has 0 amide bonds. The van der Waals surface area contributed by atoms with Crippen molar-refractivity contribution in [1.29, 1.82) is 0 Å². The van der Waals surface area contributed by atoms with Crippen LogP contribution in [0.2, 0.25) is 10.0 Å². The van der Waals surface area contributed by atoms with Gasteiger partial charge in [0, 0.05) is 17.1 Å². The van der Waals surface area contributed by atoms with E-state index in [-0.39, 0.29) is 5.76 Å². The molecule has 1 rings (SSSR count). The Kier molecular flexibility index (Phi) is 4.80. The first-order valence-corrected chi connectivity index (χ1v) is 5.54. The summed E-state index contributed by atoms with van der Waals surface area (Å²) in [7, 11) is 0.